The van der Waals surface area contributed by atoms with Crippen LogP contribution in [0.4, 0.5) is 10.5 Å². The summed E-state index contributed by atoms with van der Waals surface area (Å²) in [5.41, 5.74) is 0.978. The van der Waals surface area contributed by atoms with Crippen LogP contribution in [-0.2, 0) is 0 Å². The van der Waals surface area contributed by atoms with E-state index in [4.69, 9.17) is 0 Å². The van der Waals surface area contributed by atoms with Gasteiger partial charge in [0.05, 0.1) is 0 Å². The third kappa shape index (κ3) is 2.12. The molecule has 1 aromatic carbocycles. The van der Waals surface area contributed by atoms with E-state index in [0.29, 0.717) is 6.04 Å². The van der Waals surface area contributed by atoms with Gasteiger partial charge in [0.2, 0.25) is 0 Å². The first-order valence-corrected chi connectivity index (χ1v) is 7.09. The highest BCUT2D eigenvalue weighted by Crippen LogP contribution is 2.26. The molecule has 2 fully saturated rings. The number of anilines is 1. The van der Waals surface area contributed by atoms with Crippen molar-refractivity contribution in [1.29, 1.82) is 0 Å². The summed E-state index contributed by atoms with van der Waals surface area (Å²) < 4.78 is 1.01. The molecule has 96 valence electrons. The Morgan fingerprint density at radius 2 is 2.22 bits per heavy atom. The van der Waals surface area contributed by atoms with Crippen molar-refractivity contribution in [2.45, 2.75) is 12.5 Å². The number of nitrogens with zero attached hydrogens (tertiary/aromatic N) is 2. The molecule has 5 heteroatoms. The average molecular weight is 310 g/mol. The summed E-state index contributed by atoms with van der Waals surface area (Å²) in [5.74, 6) is 0. The van der Waals surface area contributed by atoms with E-state index < -0.39 is 0 Å². The number of fused-ring (bicyclic) bond motifs is 1. The van der Waals surface area contributed by atoms with Crippen LogP contribution in [0.5, 0.6) is 0 Å². The van der Waals surface area contributed by atoms with Gasteiger partial charge in [-0.15, -0.1) is 0 Å². The van der Waals surface area contributed by atoms with Crippen LogP contribution in [0.1, 0.15) is 6.42 Å². The Morgan fingerprint density at radius 3 is 3.06 bits per heavy atom. The second-order valence-corrected chi connectivity index (χ2v) is 5.67. The van der Waals surface area contributed by atoms with Gasteiger partial charge in [-0.3, -0.25) is 4.90 Å². The van der Waals surface area contributed by atoms with Crippen molar-refractivity contribution in [2.24, 2.45) is 0 Å². The van der Waals surface area contributed by atoms with Gasteiger partial charge in [0.15, 0.2) is 0 Å². The Kier molecular flexibility index (Phi) is 3.26. The van der Waals surface area contributed by atoms with Gasteiger partial charge in [0, 0.05) is 42.4 Å². The predicted molar refractivity (Wildman–Crippen MR) is 74.9 cm³/mol. The Morgan fingerprint density at radius 1 is 1.33 bits per heavy atom. The van der Waals surface area contributed by atoms with Crippen LogP contribution < -0.4 is 10.2 Å². The molecule has 2 saturated heterocycles. The zero-order valence-corrected chi connectivity index (χ0v) is 11.7. The summed E-state index contributed by atoms with van der Waals surface area (Å²) in [5, 5.41) is 3.35. The topological polar surface area (TPSA) is 35.6 Å². The molecule has 1 aromatic rings. The first-order chi connectivity index (χ1) is 8.75. The van der Waals surface area contributed by atoms with Gasteiger partial charge in [-0.2, -0.15) is 0 Å². The van der Waals surface area contributed by atoms with E-state index in [0.717, 1.165) is 42.8 Å². The maximum absolute atomic E-state index is 12.5. The van der Waals surface area contributed by atoms with Gasteiger partial charge >= 0.3 is 6.03 Å². The molecule has 3 rings (SSSR count). The molecule has 0 saturated carbocycles. The van der Waals surface area contributed by atoms with Gasteiger partial charge in [-0.05, 0) is 24.6 Å². The number of piperazine rings is 1. The van der Waals surface area contributed by atoms with Crippen molar-refractivity contribution >= 4 is 27.6 Å². The Hall–Kier alpha value is -1.07. The van der Waals surface area contributed by atoms with Crippen molar-refractivity contribution in [3.63, 3.8) is 0 Å². The Labute approximate surface area is 115 Å². The minimum Gasteiger partial charge on any atom is -0.319 e. The lowest BCUT2D eigenvalue weighted by atomic mass is 10.1. The van der Waals surface area contributed by atoms with E-state index in [1.54, 1.807) is 0 Å². The van der Waals surface area contributed by atoms with Crippen LogP contribution in [-0.4, -0.2) is 43.2 Å². The highest BCUT2D eigenvalue weighted by atomic mass is 79.9. The summed E-state index contributed by atoms with van der Waals surface area (Å²) in [6, 6.07) is 8.45. The minimum absolute atomic E-state index is 0.144. The molecule has 1 unspecified atom stereocenters. The highest BCUT2D eigenvalue weighted by molar-refractivity contribution is 9.10. The normalized spacial score (nSPS) is 24.1. The molecule has 0 aromatic heterocycles. The average Bonchev–Trinajstić information content (AvgIpc) is 2.39. The zero-order valence-electron chi connectivity index (χ0n) is 10.1. The van der Waals surface area contributed by atoms with Crippen LogP contribution in [0, 0.1) is 0 Å². The van der Waals surface area contributed by atoms with Gasteiger partial charge in [-0.1, -0.05) is 22.0 Å². The molecular weight excluding hydrogens is 294 g/mol. The number of carbonyl (C=O) groups excluding carboxylic acids is 1. The van der Waals surface area contributed by atoms with Crippen LogP contribution >= 0.6 is 15.9 Å². The second kappa shape index (κ2) is 4.90. The van der Waals surface area contributed by atoms with Gasteiger partial charge in [-0.25, -0.2) is 4.79 Å². The highest BCUT2D eigenvalue weighted by Gasteiger charge is 2.35. The molecule has 18 heavy (non-hydrogen) atoms. The van der Waals surface area contributed by atoms with Gasteiger partial charge < -0.3 is 10.2 Å². The SMILES string of the molecule is O=C1N(c2cccc(Br)c2)CCC2CNCCN12. The number of nitrogens with one attached hydrogen (secondary N) is 1. The third-order valence-electron chi connectivity index (χ3n) is 3.63. The number of halogens is 1. The second-order valence-electron chi connectivity index (χ2n) is 4.75. The quantitative estimate of drug-likeness (QED) is 0.862. The number of hydrogen-bond donors (Lipinski definition) is 1. The summed E-state index contributed by atoms with van der Waals surface area (Å²) >= 11 is 3.46. The maximum atomic E-state index is 12.5. The lowest BCUT2D eigenvalue weighted by Gasteiger charge is -2.44. The first kappa shape index (κ1) is 12.0. The fraction of sp³-hybridized carbons (Fsp3) is 0.462. The molecule has 1 N–H and O–H groups in total. The fourth-order valence-corrected chi connectivity index (χ4v) is 3.07. The molecule has 0 spiro atoms. The van der Waals surface area contributed by atoms with Gasteiger partial charge in [0.1, 0.15) is 0 Å². The van der Waals surface area contributed by atoms with E-state index in [2.05, 4.69) is 21.2 Å². The largest absolute Gasteiger partial charge is 0.324 e. The summed E-state index contributed by atoms with van der Waals surface area (Å²) in [7, 11) is 0. The molecule has 2 heterocycles. The molecule has 1 atom stereocenters. The molecule has 4 nitrogen and oxygen atoms in total. The Bertz CT molecular complexity index is 465. The number of carbonyl (C=O) groups is 1. The van der Waals surface area contributed by atoms with Crippen molar-refractivity contribution < 1.29 is 4.79 Å². The third-order valence-corrected chi connectivity index (χ3v) is 4.13. The van der Waals surface area contributed by atoms with Crippen LogP contribution in [0.3, 0.4) is 0 Å². The molecule has 2 amide bonds. The molecule has 0 bridgehead atoms. The molecule has 2 aliphatic rings. The number of urea groups is 1. The zero-order chi connectivity index (χ0) is 12.5. The summed E-state index contributed by atoms with van der Waals surface area (Å²) in [4.78, 5) is 16.4. The van der Waals surface area contributed by atoms with Crippen molar-refractivity contribution in [3.05, 3.63) is 28.7 Å². The lowest BCUT2D eigenvalue weighted by molar-refractivity contribution is 0.147. The predicted octanol–water partition coefficient (Wildman–Crippen LogP) is 2.05. The Balaban J connectivity index is 1.84. The molecular formula is C13H16BrN3O. The minimum atomic E-state index is 0.144. The standard InChI is InChI=1S/C13H16BrN3O/c14-10-2-1-3-11(8-10)16-6-4-12-9-15-5-7-17(12)13(16)18/h1-3,8,12,15H,4-7,9H2. The number of hydrogen-bond acceptors (Lipinski definition) is 2. The van der Waals surface area contributed by atoms with E-state index in [-0.39, 0.29) is 6.03 Å². The van der Waals surface area contributed by atoms with Crippen molar-refractivity contribution in [3.8, 4) is 0 Å². The number of benzene rings is 1. The van der Waals surface area contributed by atoms with Crippen molar-refractivity contribution in [1.82, 2.24) is 10.2 Å². The number of amides is 2. The smallest absolute Gasteiger partial charge is 0.319 e. The van der Waals surface area contributed by atoms with Crippen LogP contribution in [0.15, 0.2) is 28.7 Å². The van der Waals surface area contributed by atoms with Crippen LogP contribution in [0.2, 0.25) is 0 Å². The van der Waals surface area contributed by atoms with E-state index >= 15 is 0 Å². The fourth-order valence-electron chi connectivity index (χ4n) is 2.68. The maximum Gasteiger partial charge on any atom is 0.324 e. The van der Waals surface area contributed by atoms with E-state index in [1.807, 2.05) is 34.1 Å². The molecule has 0 aliphatic carbocycles. The molecule has 2 aliphatic heterocycles. The lowest BCUT2D eigenvalue weighted by Crippen LogP contribution is -2.61. The first-order valence-electron chi connectivity index (χ1n) is 6.30. The van der Waals surface area contributed by atoms with E-state index in [1.165, 1.54) is 0 Å². The number of rotatable bonds is 1. The van der Waals surface area contributed by atoms with Crippen LogP contribution in [0.25, 0.3) is 0 Å². The van der Waals surface area contributed by atoms with Crippen molar-refractivity contribution in [2.75, 3.05) is 31.1 Å². The van der Waals surface area contributed by atoms with Gasteiger partial charge in [0.25, 0.3) is 0 Å². The van der Waals surface area contributed by atoms with E-state index in [9.17, 15) is 4.79 Å². The molecule has 0 radical (unpaired) electrons. The summed E-state index contributed by atoms with van der Waals surface area (Å²) in [6.45, 7) is 3.44. The summed E-state index contributed by atoms with van der Waals surface area (Å²) in [6.07, 6.45) is 1.03. The monoisotopic (exact) mass is 309 g/mol.